The van der Waals surface area contributed by atoms with E-state index in [1.807, 2.05) is 12.3 Å². The van der Waals surface area contributed by atoms with Crippen molar-refractivity contribution in [1.82, 2.24) is 9.97 Å². The molecule has 0 unspecified atom stereocenters. The Morgan fingerprint density at radius 3 is 2.82 bits per heavy atom. The highest BCUT2D eigenvalue weighted by Gasteiger charge is 2.17. The molecular formula is C11H10N2O2S2. The van der Waals surface area contributed by atoms with Gasteiger partial charge in [0.05, 0.1) is 5.56 Å². The van der Waals surface area contributed by atoms with Crippen molar-refractivity contribution in [2.45, 2.75) is 23.2 Å². The van der Waals surface area contributed by atoms with Crippen LogP contribution in [0.4, 0.5) is 0 Å². The quantitative estimate of drug-likeness (QED) is 0.925. The summed E-state index contributed by atoms with van der Waals surface area (Å²) < 4.78 is 0.796. The number of aryl methyl sites for hydroxylation is 2. The molecule has 4 nitrogen and oxygen atoms in total. The van der Waals surface area contributed by atoms with Gasteiger partial charge in [-0.25, -0.2) is 14.8 Å². The first-order valence-corrected chi connectivity index (χ1v) is 6.56. The number of aromatic carboxylic acids is 1. The van der Waals surface area contributed by atoms with Gasteiger partial charge in [-0.1, -0.05) is 0 Å². The maximum Gasteiger partial charge on any atom is 0.338 e. The molecule has 2 heterocycles. The van der Waals surface area contributed by atoms with Crippen molar-refractivity contribution in [2.24, 2.45) is 0 Å². The first-order valence-electron chi connectivity index (χ1n) is 4.87. The standard InChI is InChI=1S/C11H10N2O2S2/c1-6-5-7(2)13-9(8(6)10(14)15)17-11-12-3-4-16-11/h3-5H,1-2H3,(H,14,15). The van der Waals surface area contributed by atoms with E-state index in [2.05, 4.69) is 9.97 Å². The summed E-state index contributed by atoms with van der Waals surface area (Å²) in [4.78, 5) is 19.6. The Kier molecular flexibility index (Phi) is 3.44. The molecule has 0 radical (unpaired) electrons. The Balaban J connectivity index is 2.47. The maximum atomic E-state index is 11.2. The van der Waals surface area contributed by atoms with Crippen LogP contribution in [0.5, 0.6) is 0 Å². The van der Waals surface area contributed by atoms with Crippen LogP contribution in [0.15, 0.2) is 27.0 Å². The minimum absolute atomic E-state index is 0.260. The zero-order valence-corrected chi connectivity index (χ0v) is 10.9. The van der Waals surface area contributed by atoms with Crippen molar-refractivity contribution in [3.63, 3.8) is 0 Å². The lowest BCUT2D eigenvalue weighted by molar-refractivity contribution is 0.0691. The first-order chi connectivity index (χ1) is 8.08. The molecule has 0 bridgehead atoms. The Morgan fingerprint density at radius 1 is 1.47 bits per heavy atom. The van der Waals surface area contributed by atoms with Gasteiger partial charge in [-0.15, -0.1) is 11.3 Å². The number of thiazole rings is 1. The van der Waals surface area contributed by atoms with E-state index in [0.29, 0.717) is 5.03 Å². The number of carboxylic acid groups (broad SMARTS) is 1. The SMILES string of the molecule is Cc1cc(C)c(C(=O)O)c(Sc2nccs2)n1. The van der Waals surface area contributed by atoms with Crippen molar-refractivity contribution in [2.75, 3.05) is 0 Å². The second-order valence-corrected chi connectivity index (χ2v) is 5.60. The van der Waals surface area contributed by atoms with Gasteiger partial charge in [0.1, 0.15) is 5.03 Å². The molecule has 88 valence electrons. The molecule has 1 N–H and O–H groups in total. The van der Waals surface area contributed by atoms with Gasteiger partial charge >= 0.3 is 5.97 Å². The van der Waals surface area contributed by atoms with E-state index in [1.54, 1.807) is 19.2 Å². The number of pyridine rings is 1. The van der Waals surface area contributed by atoms with E-state index in [4.69, 9.17) is 0 Å². The van der Waals surface area contributed by atoms with Gasteiger partial charge in [-0.3, -0.25) is 0 Å². The third-order valence-corrected chi connectivity index (χ3v) is 3.99. The molecule has 0 aliphatic heterocycles. The topological polar surface area (TPSA) is 63.1 Å². The number of carbonyl (C=O) groups is 1. The normalized spacial score (nSPS) is 10.5. The number of aromatic nitrogens is 2. The summed E-state index contributed by atoms with van der Waals surface area (Å²) in [5.74, 6) is -0.950. The lowest BCUT2D eigenvalue weighted by Crippen LogP contribution is -2.05. The van der Waals surface area contributed by atoms with E-state index in [9.17, 15) is 9.90 Å². The summed E-state index contributed by atoms with van der Waals surface area (Å²) in [6.07, 6.45) is 1.69. The first kappa shape index (κ1) is 12.1. The van der Waals surface area contributed by atoms with Gasteiger partial charge in [-0.05, 0) is 37.2 Å². The number of carboxylic acids is 1. The van der Waals surface area contributed by atoms with Crippen LogP contribution in [0.1, 0.15) is 21.6 Å². The van der Waals surface area contributed by atoms with Crippen LogP contribution in [-0.2, 0) is 0 Å². The van der Waals surface area contributed by atoms with Crippen LogP contribution >= 0.6 is 23.1 Å². The van der Waals surface area contributed by atoms with E-state index in [1.165, 1.54) is 23.1 Å². The second-order valence-electron chi connectivity index (χ2n) is 3.47. The van der Waals surface area contributed by atoms with Gasteiger partial charge in [0, 0.05) is 17.3 Å². The fraction of sp³-hybridized carbons (Fsp3) is 0.182. The van der Waals surface area contributed by atoms with Crippen molar-refractivity contribution in [3.05, 3.63) is 34.5 Å². The summed E-state index contributed by atoms with van der Waals surface area (Å²) in [5, 5.41) is 11.6. The number of rotatable bonds is 3. The van der Waals surface area contributed by atoms with Crippen molar-refractivity contribution < 1.29 is 9.90 Å². The van der Waals surface area contributed by atoms with Crippen LogP contribution in [-0.4, -0.2) is 21.0 Å². The van der Waals surface area contributed by atoms with Crippen LogP contribution in [0, 0.1) is 13.8 Å². The van der Waals surface area contributed by atoms with Crippen molar-refractivity contribution in [1.29, 1.82) is 0 Å². The van der Waals surface area contributed by atoms with E-state index >= 15 is 0 Å². The van der Waals surface area contributed by atoms with Crippen molar-refractivity contribution in [3.8, 4) is 0 Å². The Labute approximate surface area is 107 Å². The molecule has 2 aromatic heterocycles. The predicted octanol–water partition coefficient (Wildman–Crippen LogP) is 3.00. The number of hydrogen-bond donors (Lipinski definition) is 1. The second kappa shape index (κ2) is 4.85. The van der Waals surface area contributed by atoms with Crippen LogP contribution in [0.25, 0.3) is 0 Å². The largest absolute Gasteiger partial charge is 0.478 e. The minimum atomic E-state index is -0.950. The van der Waals surface area contributed by atoms with E-state index < -0.39 is 5.97 Å². The summed E-state index contributed by atoms with van der Waals surface area (Å²) in [7, 11) is 0. The molecule has 6 heteroatoms. The molecule has 0 aromatic carbocycles. The summed E-state index contributed by atoms with van der Waals surface area (Å²) in [6.45, 7) is 3.63. The van der Waals surface area contributed by atoms with Gasteiger partial charge in [0.25, 0.3) is 0 Å². The predicted molar refractivity (Wildman–Crippen MR) is 66.9 cm³/mol. The highest BCUT2D eigenvalue weighted by atomic mass is 32.2. The molecule has 2 aromatic rings. The molecule has 0 atom stereocenters. The fourth-order valence-electron chi connectivity index (χ4n) is 1.48. The van der Waals surface area contributed by atoms with Gasteiger partial charge in [-0.2, -0.15) is 0 Å². The van der Waals surface area contributed by atoms with Crippen molar-refractivity contribution >= 4 is 29.1 Å². The fourth-order valence-corrected chi connectivity index (χ4v) is 3.25. The van der Waals surface area contributed by atoms with Gasteiger partial charge < -0.3 is 5.11 Å². The van der Waals surface area contributed by atoms with E-state index in [0.717, 1.165) is 15.6 Å². The van der Waals surface area contributed by atoms with Crippen LogP contribution in [0.2, 0.25) is 0 Å². The summed E-state index contributed by atoms with van der Waals surface area (Å²) >= 11 is 2.76. The monoisotopic (exact) mass is 266 g/mol. The van der Waals surface area contributed by atoms with Gasteiger partial charge in [0.15, 0.2) is 4.34 Å². The Hall–Kier alpha value is -1.40. The molecule has 0 aliphatic rings. The summed E-state index contributed by atoms with van der Waals surface area (Å²) in [6, 6.07) is 1.77. The van der Waals surface area contributed by atoms with Crippen LogP contribution < -0.4 is 0 Å². The zero-order valence-electron chi connectivity index (χ0n) is 9.30. The molecule has 0 amide bonds. The van der Waals surface area contributed by atoms with Gasteiger partial charge in [0.2, 0.25) is 0 Å². The highest BCUT2D eigenvalue weighted by Crippen LogP contribution is 2.31. The molecular weight excluding hydrogens is 256 g/mol. The smallest absolute Gasteiger partial charge is 0.338 e. The summed E-state index contributed by atoms with van der Waals surface area (Å²) in [5.41, 5.74) is 1.80. The Bertz CT molecular complexity index is 553. The highest BCUT2D eigenvalue weighted by molar-refractivity contribution is 8.01. The third-order valence-electron chi connectivity index (χ3n) is 2.12. The van der Waals surface area contributed by atoms with Crippen LogP contribution in [0.3, 0.4) is 0 Å². The lowest BCUT2D eigenvalue weighted by Gasteiger charge is -2.07. The number of nitrogens with zero attached hydrogens (tertiary/aromatic N) is 2. The molecule has 0 spiro atoms. The molecule has 0 saturated heterocycles. The molecule has 2 rings (SSSR count). The third kappa shape index (κ3) is 2.65. The molecule has 0 saturated carbocycles. The lowest BCUT2D eigenvalue weighted by atomic mass is 10.1. The number of hydrogen-bond acceptors (Lipinski definition) is 5. The average Bonchev–Trinajstić information content (AvgIpc) is 2.68. The minimum Gasteiger partial charge on any atom is -0.478 e. The molecule has 0 fully saturated rings. The average molecular weight is 266 g/mol. The zero-order chi connectivity index (χ0) is 12.4. The molecule has 17 heavy (non-hydrogen) atoms. The Morgan fingerprint density at radius 2 is 2.24 bits per heavy atom. The van der Waals surface area contributed by atoms with E-state index in [-0.39, 0.29) is 5.56 Å². The maximum absolute atomic E-state index is 11.2. The molecule has 0 aliphatic carbocycles.